The molecule has 0 aromatic carbocycles. The van der Waals surface area contributed by atoms with Gasteiger partial charge in [-0.3, -0.25) is 4.79 Å². The Bertz CT molecular complexity index is 214. The average molecular weight is 214 g/mol. The number of esters is 1. The summed E-state index contributed by atoms with van der Waals surface area (Å²) in [5, 5.41) is 15.4. The maximum Gasteiger partial charge on any atom is 0.373 e. The SMILES string of the molecule is CCOC(=O)C[C@H]1CNCC1NB(C)O. The first-order valence-corrected chi connectivity index (χ1v) is 5.44. The Labute approximate surface area is 90.7 Å². The first-order chi connectivity index (χ1) is 7.13. The van der Waals surface area contributed by atoms with E-state index in [-0.39, 0.29) is 17.9 Å². The van der Waals surface area contributed by atoms with Gasteiger partial charge in [0.05, 0.1) is 13.0 Å². The molecular formula is C9H19BN2O3. The van der Waals surface area contributed by atoms with Gasteiger partial charge in [0, 0.05) is 19.1 Å². The van der Waals surface area contributed by atoms with Gasteiger partial charge >= 0.3 is 13.0 Å². The topological polar surface area (TPSA) is 70.6 Å². The van der Waals surface area contributed by atoms with Gasteiger partial charge in [0.25, 0.3) is 0 Å². The number of nitrogens with one attached hydrogen (secondary N) is 2. The van der Waals surface area contributed by atoms with Crippen molar-refractivity contribution in [1.29, 1.82) is 0 Å². The van der Waals surface area contributed by atoms with E-state index < -0.39 is 7.05 Å². The summed E-state index contributed by atoms with van der Waals surface area (Å²) in [5.41, 5.74) is 0. The van der Waals surface area contributed by atoms with Crippen molar-refractivity contribution in [3.63, 3.8) is 0 Å². The molecule has 0 radical (unpaired) electrons. The lowest BCUT2D eigenvalue weighted by atomic mass is 9.84. The first-order valence-electron chi connectivity index (χ1n) is 5.44. The minimum absolute atomic E-state index is 0.148. The van der Waals surface area contributed by atoms with Crippen LogP contribution in [0.3, 0.4) is 0 Å². The summed E-state index contributed by atoms with van der Waals surface area (Å²) in [6.07, 6.45) is 0.408. The lowest BCUT2D eigenvalue weighted by Crippen LogP contribution is -2.45. The number of rotatable bonds is 5. The molecule has 6 heteroatoms. The van der Waals surface area contributed by atoms with E-state index in [1.54, 1.807) is 13.7 Å². The molecule has 0 aromatic heterocycles. The van der Waals surface area contributed by atoms with Crippen LogP contribution in [0.15, 0.2) is 0 Å². The van der Waals surface area contributed by atoms with Gasteiger partial charge < -0.3 is 20.3 Å². The quantitative estimate of drug-likeness (QED) is 0.414. The normalized spacial score (nSPS) is 25.3. The number of hydrogen-bond donors (Lipinski definition) is 3. The molecule has 1 saturated heterocycles. The molecule has 1 heterocycles. The van der Waals surface area contributed by atoms with Crippen molar-refractivity contribution in [2.75, 3.05) is 19.7 Å². The first kappa shape index (κ1) is 12.5. The van der Waals surface area contributed by atoms with Crippen LogP contribution < -0.4 is 10.5 Å². The summed E-state index contributed by atoms with van der Waals surface area (Å²) in [6, 6.07) is 0.148. The smallest absolute Gasteiger partial charge is 0.373 e. The second kappa shape index (κ2) is 6.10. The maximum atomic E-state index is 11.3. The minimum Gasteiger partial charge on any atom is -0.466 e. The van der Waals surface area contributed by atoms with Gasteiger partial charge in [-0.1, -0.05) is 0 Å². The third-order valence-electron chi connectivity index (χ3n) is 2.53. The fourth-order valence-corrected chi connectivity index (χ4v) is 1.89. The molecule has 0 amide bonds. The third-order valence-corrected chi connectivity index (χ3v) is 2.53. The van der Waals surface area contributed by atoms with Crippen LogP contribution in [0.25, 0.3) is 0 Å². The highest BCUT2D eigenvalue weighted by atomic mass is 16.5. The molecule has 0 aromatic rings. The van der Waals surface area contributed by atoms with E-state index in [9.17, 15) is 9.82 Å². The van der Waals surface area contributed by atoms with Crippen molar-refractivity contribution in [2.24, 2.45) is 5.92 Å². The molecule has 2 atom stereocenters. The minimum atomic E-state index is -0.542. The fourth-order valence-electron chi connectivity index (χ4n) is 1.89. The number of carbonyl (C=O) groups is 1. The van der Waals surface area contributed by atoms with Gasteiger partial charge in [-0.15, -0.1) is 0 Å². The van der Waals surface area contributed by atoms with E-state index in [0.717, 1.165) is 13.1 Å². The molecular weight excluding hydrogens is 195 g/mol. The molecule has 15 heavy (non-hydrogen) atoms. The highest BCUT2D eigenvalue weighted by molar-refractivity contribution is 6.45. The van der Waals surface area contributed by atoms with Gasteiger partial charge in [0.2, 0.25) is 0 Å². The molecule has 1 aliphatic heterocycles. The lowest BCUT2D eigenvalue weighted by Gasteiger charge is -2.19. The van der Waals surface area contributed by atoms with Crippen LogP contribution in [0.4, 0.5) is 0 Å². The van der Waals surface area contributed by atoms with Crippen molar-refractivity contribution in [2.45, 2.75) is 26.2 Å². The predicted molar refractivity (Wildman–Crippen MR) is 58.4 cm³/mol. The zero-order valence-corrected chi connectivity index (χ0v) is 9.32. The van der Waals surface area contributed by atoms with Gasteiger partial charge in [-0.2, -0.15) is 0 Å². The van der Waals surface area contributed by atoms with Crippen molar-refractivity contribution in [1.82, 2.24) is 10.5 Å². The van der Waals surface area contributed by atoms with Crippen LogP contribution in [-0.2, 0) is 9.53 Å². The lowest BCUT2D eigenvalue weighted by molar-refractivity contribution is -0.144. The molecule has 86 valence electrons. The summed E-state index contributed by atoms with van der Waals surface area (Å²) in [6.45, 7) is 5.49. The summed E-state index contributed by atoms with van der Waals surface area (Å²) in [4.78, 5) is 11.3. The van der Waals surface area contributed by atoms with Crippen LogP contribution in [-0.4, -0.2) is 43.8 Å². The Morgan fingerprint density at radius 1 is 1.67 bits per heavy atom. The molecule has 0 spiro atoms. The molecule has 0 aliphatic carbocycles. The molecule has 5 nitrogen and oxygen atoms in total. The summed E-state index contributed by atoms with van der Waals surface area (Å²) in [7, 11) is -0.542. The van der Waals surface area contributed by atoms with Gasteiger partial charge in [-0.25, -0.2) is 0 Å². The molecule has 1 unspecified atom stereocenters. The van der Waals surface area contributed by atoms with Crippen LogP contribution in [0.1, 0.15) is 13.3 Å². The van der Waals surface area contributed by atoms with Gasteiger partial charge in [-0.05, 0) is 19.7 Å². The van der Waals surface area contributed by atoms with E-state index in [4.69, 9.17) is 4.74 Å². The summed E-state index contributed by atoms with van der Waals surface area (Å²) < 4.78 is 4.90. The second-order valence-corrected chi connectivity index (χ2v) is 3.88. The zero-order chi connectivity index (χ0) is 11.3. The Morgan fingerprint density at radius 3 is 3.00 bits per heavy atom. The van der Waals surface area contributed by atoms with Crippen molar-refractivity contribution in [3.8, 4) is 0 Å². The van der Waals surface area contributed by atoms with E-state index in [1.807, 2.05) is 0 Å². The molecule has 0 saturated carbocycles. The van der Waals surface area contributed by atoms with Crippen LogP contribution in [0, 0.1) is 5.92 Å². The molecule has 1 fully saturated rings. The van der Waals surface area contributed by atoms with Crippen molar-refractivity contribution >= 4 is 13.0 Å². The third kappa shape index (κ3) is 4.19. The van der Waals surface area contributed by atoms with Crippen molar-refractivity contribution in [3.05, 3.63) is 0 Å². The maximum absolute atomic E-state index is 11.3. The van der Waals surface area contributed by atoms with E-state index in [0.29, 0.717) is 13.0 Å². The van der Waals surface area contributed by atoms with E-state index in [2.05, 4.69) is 10.5 Å². The van der Waals surface area contributed by atoms with E-state index >= 15 is 0 Å². The Morgan fingerprint density at radius 2 is 2.40 bits per heavy atom. The van der Waals surface area contributed by atoms with Crippen molar-refractivity contribution < 1.29 is 14.6 Å². The Kier molecular flexibility index (Phi) is 5.07. The van der Waals surface area contributed by atoms with E-state index in [1.165, 1.54) is 0 Å². The Hall–Kier alpha value is -0.585. The zero-order valence-electron chi connectivity index (χ0n) is 9.32. The largest absolute Gasteiger partial charge is 0.466 e. The number of ether oxygens (including phenoxy) is 1. The van der Waals surface area contributed by atoms with Gasteiger partial charge in [0.1, 0.15) is 0 Å². The summed E-state index contributed by atoms with van der Waals surface area (Å²) in [5.74, 6) is 0.0437. The number of carbonyl (C=O) groups excluding carboxylic acids is 1. The highest BCUT2D eigenvalue weighted by Gasteiger charge is 2.30. The molecule has 3 N–H and O–H groups in total. The fraction of sp³-hybridized carbons (Fsp3) is 0.889. The monoisotopic (exact) mass is 214 g/mol. The summed E-state index contributed by atoms with van der Waals surface area (Å²) >= 11 is 0. The van der Waals surface area contributed by atoms with Crippen LogP contribution in [0.5, 0.6) is 0 Å². The second-order valence-electron chi connectivity index (χ2n) is 3.88. The average Bonchev–Trinajstić information content (AvgIpc) is 2.52. The number of hydrogen-bond acceptors (Lipinski definition) is 5. The predicted octanol–water partition coefficient (Wildman–Crippen LogP) is -0.772. The molecule has 1 rings (SSSR count). The van der Waals surface area contributed by atoms with Crippen LogP contribution >= 0.6 is 0 Å². The van der Waals surface area contributed by atoms with Crippen LogP contribution in [0.2, 0.25) is 6.82 Å². The van der Waals surface area contributed by atoms with Gasteiger partial charge in [0.15, 0.2) is 0 Å². The molecule has 1 aliphatic rings. The standard InChI is InChI=1S/C9H19BN2O3/c1-3-15-9(13)4-7-5-11-6-8(7)12-10(2)14/h7-8,11-12,14H,3-6H2,1-2H3/t7-,8?/m0/s1. The Balaban J connectivity index is 2.35. The molecule has 0 bridgehead atoms. The highest BCUT2D eigenvalue weighted by Crippen LogP contribution is 2.14.